The molecule has 31 heavy (non-hydrogen) atoms. The second-order valence-corrected chi connectivity index (χ2v) is 8.17. The van der Waals surface area contributed by atoms with E-state index in [0.717, 1.165) is 35.8 Å². The summed E-state index contributed by atoms with van der Waals surface area (Å²) < 4.78 is 17.5. The van der Waals surface area contributed by atoms with Crippen molar-refractivity contribution in [1.82, 2.24) is 5.32 Å². The lowest BCUT2D eigenvalue weighted by molar-refractivity contribution is 0.283. The van der Waals surface area contributed by atoms with Crippen molar-refractivity contribution in [3.63, 3.8) is 0 Å². The van der Waals surface area contributed by atoms with Crippen molar-refractivity contribution in [1.29, 1.82) is 0 Å². The molecule has 0 amide bonds. The van der Waals surface area contributed by atoms with Crippen LogP contribution in [0.4, 0.5) is 0 Å². The van der Waals surface area contributed by atoms with Gasteiger partial charge in [-0.2, -0.15) is 0 Å². The number of benzene rings is 3. The standard InChI is InChI=1S/C27H31NO3/c1-17-13-23(29-4)18(2)19(3)26(17)27-22-15-25(31-16-20-9-7-6-8-10-20)24(30-5)14-21(22)11-12-28-27/h6-10,13-15,27-28H,11-12,16H2,1-5H3. The average molecular weight is 418 g/mol. The maximum atomic E-state index is 6.21. The fourth-order valence-corrected chi connectivity index (χ4v) is 4.55. The Morgan fingerprint density at radius 1 is 0.871 bits per heavy atom. The number of fused-ring (bicyclic) bond motifs is 1. The zero-order chi connectivity index (χ0) is 22.0. The third kappa shape index (κ3) is 4.13. The van der Waals surface area contributed by atoms with Gasteiger partial charge in [-0.25, -0.2) is 0 Å². The Morgan fingerprint density at radius 2 is 1.61 bits per heavy atom. The van der Waals surface area contributed by atoms with Crippen LogP contribution in [0, 0.1) is 20.8 Å². The van der Waals surface area contributed by atoms with Crippen molar-refractivity contribution < 1.29 is 14.2 Å². The third-order valence-corrected chi connectivity index (χ3v) is 6.33. The highest BCUT2D eigenvalue weighted by Gasteiger charge is 2.27. The van der Waals surface area contributed by atoms with Crippen molar-refractivity contribution in [2.45, 2.75) is 39.8 Å². The van der Waals surface area contributed by atoms with Gasteiger partial charge in [0, 0.05) is 6.54 Å². The van der Waals surface area contributed by atoms with E-state index in [-0.39, 0.29) is 6.04 Å². The van der Waals surface area contributed by atoms with E-state index >= 15 is 0 Å². The lowest BCUT2D eigenvalue weighted by Gasteiger charge is -2.31. The van der Waals surface area contributed by atoms with Gasteiger partial charge in [0.25, 0.3) is 0 Å². The summed E-state index contributed by atoms with van der Waals surface area (Å²) in [6, 6.07) is 16.8. The van der Waals surface area contributed by atoms with Crippen LogP contribution in [0.5, 0.6) is 17.2 Å². The van der Waals surface area contributed by atoms with Crippen LogP contribution >= 0.6 is 0 Å². The molecule has 1 atom stereocenters. The van der Waals surface area contributed by atoms with Crippen molar-refractivity contribution in [2.75, 3.05) is 20.8 Å². The molecule has 0 saturated carbocycles. The molecule has 0 aromatic heterocycles. The Labute approximate surface area is 185 Å². The summed E-state index contributed by atoms with van der Waals surface area (Å²) in [4.78, 5) is 0. The van der Waals surface area contributed by atoms with Crippen molar-refractivity contribution in [3.8, 4) is 17.2 Å². The number of hydrogen-bond acceptors (Lipinski definition) is 4. The van der Waals surface area contributed by atoms with Crippen LogP contribution in [0.2, 0.25) is 0 Å². The number of ether oxygens (including phenoxy) is 3. The predicted octanol–water partition coefficient (Wildman–Crippen LogP) is 5.44. The van der Waals surface area contributed by atoms with Crippen LogP contribution < -0.4 is 19.5 Å². The zero-order valence-corrected chi connectivity index (χ0v) is 19.0. The Hall–Kier alpha value is -2.98. The summed E-state index contributed by atoms with van der Waals surface area (Å²) in [6.45, 7) is 7.91. The molecule has 0 saturated heterocycles. The Balaban J connectivity index is 1.75. The lowest BCUT2D eigenvalue weighted by Crippen LogP contribution is -2.32. The van der Waals surface area contributed by atoms with Gasteiger partial charge < -0.3 is 19.5 Å². The highest BCUT2D eigenvalue weighted by Crippen LogP contribution is 2.41. The molecule has 4 rings (SSSR count). The largest absolute Gasteiger partial charge is 0.496 e. The normalized spacial score (nSPS) is 15.3. The van der Waals surface area contributed by atoms with Gasteiger partial charge in [0.15, 0.2) is 11.5 Å². The molecule has 0 bridgehead atoms. The molecule has 1 unspecified atom stereocenters. The van der Waals surface area contributed by atoms with E-state index in [1.165, 1.54) is 33.4 Å². The van der Waals surface area contributed by atoms with Gasteiger partial charge in [-0.1, -0.05) is 30.3 Å². The number of rotatable bonds is 6. The molecule has 162 valence electrons. The van der Waals surface area contributed by atoms with E-state index in [9.17, 15) is 0 Å². The van der Waals surface area contributed by atoms with E-state index in [2.05, 4.69) is 56.4 Å². The van der Waals surface area contributed by atoms with Crippen molar-refractivity contribution in [3.05, 3.63) is 87.5 Å². The zero-order valence-electron chi connectivity index (χ0n) is 19.0. The molecule has 0 spiro atoms. The first-order valence-corrected chi connectivity index (χ1v) is 10.8. The molecule has 1 aliphatic heterocycles. The molecule has 1 N–H and O–H groups in total. The smallest absolute Gasteiger partial charge is 0.162 e. The number of hydrogen-bond donors (Lipinski definition) is 1. The molecule has 0 aliphatic carbocycles. The highest BCUT2D eigenvalue weighted by atomic mass is 16.5. The Bertz CT molecular complexity index is 1080. The maximum Gasteiger partial charge on any atom is 0.162 e. The first-order chi connectivity index (χ1) is 15.0. The van der Waals surface area contributed by atoms with Gasteiger partial charge in [0.05, 0.1) is 20.3 Å². The van der Waals surface area contributed by atoms with Crippen LogP contribution in [0.1, 0.15) is 45.0 Å². The van der Waals surface area contributed by atoms with Crippen molar-refractivity contribution in [2.24, 2.45) is 0 Å². The van der Waals surface area contributed by atoms with Crippen LogP contribution in [-0.2, 0) is 13.0 Å². The summed E-state index contributed by atoms with van der Waals surface area (Å²) in [5.41, 5.74) is 8.70. The molecule has 3 aromatic rings. The second kappa shape index (κ2) is 9.03. The van der Waals surface area contributed by atoms with Gasteiger partial charge in [-0.3, -0.25) is 0 Å². The molecule has 4 nitrogen and oxygen atoms in total. The highest BCUT2D eigenvalue weighted by molar-refractivity contribution is 5.56. The summed E-state index contributed by atoms with van der Waals surface area (Å²) in [6.07, 6.45) is 0.967. The van der Waals surface area contributed by atoms with E-state index in [0.29, 0.717) is 6.61 Å². The predicted molar refractivity (Wildman–Crippen MR) is 125 cm³/mol. The van der Waals surface area contributed by atoms with Gasteiger partial charge >= 0.3 is 0 Å². The van der Waals surface area contributed by atoms with Gasteiger partial charge in [-0.15, -0.1) is 0 Å². The number of aryl methyl sites for hydroxylation is 1. The van der Waals surface area contributed by atoms with Gasteiger partial charge in [0.1, 0.15) is 12.4 Å². The molecule has 1 aliphatic rings. The minimum atomic E-state index is 0.110. The third-order valence-electron chi connectivity index (χ3n) is 6.33. The lowest BCUT2D eigenvalue weighted by atomic mass is 9.84. The molecular formula is C27H31NO3. The molecule has 4 heteroatoms. The number of methoxy groups -OCH3 is 2. The minimum Gasteiger partial charge on any atom is -0.496 e. The molecule has 3 aromatic carbocycles. The summed E-state index contributed by atoms with van der Waals surface area (Å²) in [7, 11) is 3.44. The van der Waals surface area contributed by atoms with E-state index in [4.69, 9.17) is 14.2 Å². The Morgan fingerprint density at radius 3 is 2.32 bits per heavy atom. The fourth-order valence-electron chi connectivity index (χ4n) is 4.55. The maximum absolute atomic E-state index is 6.21. The quantitative estimate of drug-likeness (QED) is 0.579. The summed E-state index contributed by atoms with van der Waals surface area (Å²) >= 11 is 0. The number of nitrogens with one attached hydrogen (secondary N) is 1. The topological polar surface area (TPSA) is 39.7 Å². The van der Waals surface area contributed by atoms with E-state index in [1.807, 2.05) is 18.2 Å². The molecular weight excluding hydrogens is 386 g/mol. The molecule has 0 fully saturated rings. The van der Waals surface area contributed by atoms with Gasteiger partial charge in [0.2, 0.25) is 0 Å². The van der Waals surface area contributed by atoms with Crippen LogP contribution in [0.15, 0.2) is 48.5 Å². The monoisotopic (exact) mass is 417 g/mol. The van der Waals surface area contributed by atoms with Crippen LogP contribution in [-0.4, -0.2) is 20.8 Å². The second-order valence-electron chi connectivity index (χ2n) is 8.17. The van der Waals surface area contributed by atoms with E-state index in [1.54, 1.807) is 14.2 Å². The molecule has 1 heterocycles. The van der Waals surface area contributed by atoms with Crippen molar-refractivity contribution >= 4 is 0 Å². The molecule has 0 radical (unpaired) electrons. The minimum absolute atomic E-state index is 0.110. The fraction of sp³-hybridized carbons (Fsp3) is 0.333. The SMILES string of the molecule is COc1cc2c(cc1OCc1ccccc1)C(c1c(C)cc(OC)c(C)c1C)NCC2. The summed E-state index contributed by atoms with van der Waals surface area (Å²) in [5, 5.41) is 3.74. The summed E-state index contributed by atoms with van der Waals surface area (Å²) in [5.74, 6) is 2.51. The Kier molecular flexibility index (Phi) is 6.19. The first-order valence-electron chi connectivity index (χ1n) is 10.8. The van der Waals surface area contributed by atoms with E-state index < -0.39 is 0 Å². The average Bonchev–Trinajstić information content (AvgIpc) is 2.80. The van der Waals surface area contributed by atoms with Gasteiger partial charge in [-0.05, 0) is 84.3 Å². The van der Waals surface area contributed by atoms with Crippen LogP contribution in [0.3, 0.4) is 0 Å². The van der Waals surface area contributed by atoms with Crippen LogP contribution in [0.25, 0.3) is 0 Å². The first kappa shape index (κ1) is 21.3.